The first-order chi connectivity index (χ1) is 7.19. The number of nitrogens with zero attached hydrogens (tertiary/aromatic N) is 2. The molecule has 0 amide bonds. The van der Waals surface area contributed by atoms with Gasteiger partial charge in [-0.25, -0.2) is 0 Å². The van der Waals surface area contributed by atoms with Crippen molar-refractivity contribution >= 4 is 0 Å². The largest absolute Gasteiger partial charge is 0.307 e. The van der Waals surface area contributed by atoms with Crippen LogP contribution in [0.15, 0.2) is 12.4 Å². The summed E-state index contributed by atoms with van der Waals surface area (Å²) in [5.41, 5.74) is 1.53. The summed E-state index contributed by atoms with van der Waals surface area (Å²) in [5.74, 6) is 0.620. The van der Waals surface area contributed by atoms with Gasteiger partial charge in [0.05, 0.1) is 6.20 Å². The van der Waals surface area contributed by atoms with Gasteiger partial charge in [0.25, 0.3) is 0 Å². The van der Waals surface area contributed by atoms with Gasteiger partial charge in [-0.3, -0.25) is 4.68 Å². The molecule has 3 nitrogen and oxygen atoms in total. The van der Waals surface area contributed by atoms with Crippen LogP contribution >= 0.6 is 0 Å². The van der Waals surface area contributed by atoms with E-state index in [0.29, 0.717) is 5.92 Å². The minimum absolute atomic E-state index is 0.174. The van der Waals surface area contributed by atoms with E-state index in [1.54, 1.807) is 0 Å². The van der Waals surface area contributed by atoms with Crippen molar-refractivity contribution in [3.05, 3.63) is 18.0 Å². The van der Waals surface area contributed by atoms with E-state index in [4.69, 9.17) is 0 Å². The van der Waals surface area contributed by atoms with Gasteiger partial charge in [-0.2, -0.15) is 5.10 Å². The minimum Gasteiger partial charge on any atom is -0.307 e. The van der Waals surface area contributed by atoms with E-state index in [1.807, 2.05) is 10.9 Å². The lowest BCUT2D eigenvalue weighted by Crippen LogP contribution is -2.41. The predicted molar refractivity (Wildman–Crippen MR) is 61.7 cm³/mol. The topological polar surface area (TPSA) is 29.9 Å². The number of hydrogen-bond acceptors (Lipinski definition) is 2. The zero-order valence-corrected chi connectivity index (χ0v) is 9.95. The van der Waals surface area contributed by atoms with Gasteiger partial charge >= 0.3 is 0 Å². The maximum absolute atomic E-state index is 4.38. The molecule has 84 valence electrons. The molecule has 1 unspecified atom stereocenters. The zero-order valence-electron chi connectivity index (χ0n) is 9.95. The Morgan fingerprint density at radius 2 is 2.40 bits per heavy atom. The molecule has 1 saturated heterocycles. The predicted octanol–water partition coefficient (Wildman–Crippen LogP) is 2.14. The second-order valence-corrected chi connectivity index (χ2v) is 4.74. The Labute approximate surface area is 91.9 Å². The Morgan fingerprint density at radius 3 is 2.87 bits per heavy atom. The van der Waals surface area contributed by atoms with Crippen molar-refractivity contribution in [3.63, 3.8) is 0 Å². The normalized spacial score (nSPS) is 26.4. The summed E-state index contributed by atoms with van der Waals surface area (Å²) < 4.78 is 2.01. The second kappa shape index (κ2) is 3.97. The van der Waals surface area contributed by atoms with Crippen molar-refractivity contribution in [2.45, 2.75) is 45.7 Å². The number of hydrogen-bond donors (Lipinski definition) is 1. The first-order valence-electron chi connectivity index (χ1n) is 5.97. The molecule has 3 heteroatoms. The number of aryl methyl sites for hydroxylation is 1. The quantitative estimate of drug-likeness (QED) is 0.823. The Morgan fingerprint density at radius 1 is 1.60 bits per heavy atom. The number of aromatic nitrogens is 2. The van der Waals surface area contributed by atoms with Crippen molar-refractivity contribution in [2.24, 2.45) is 5.92 Å². The van der Waals surface area contributed by atoms with Crippen LogP contribution in [0.1, 0.15) is 39.2 Å². The average Bonchev–Trinajstić information content (AvgIpc) is 2.87. The summed E-state index contributed by atoms with van der Waals surface area (Å²) >= 11 is 0. The van der Waals surface area contributed by atoms with Crippen molar-refractivity contribution in [3.8, 4) is 0 Å². The third kappa shape index (κ3) is 1.69. The lowest BCUT2D eigenvalue weighted by atomic mass is 9.80. The molecule has 1 fully saturated rings. The number of nitrogens with one attached hydrogen (secondary N) is 1. The van der Waals surface area contributed by atoms with Gasteiger partial charge in [-0.1, -0.05) is 13.8 Å². The van der Waals surface area contributed by atoms with E-state index in [2.05, 4.69) is 37.4 Å². The monoisotopic (exact) mass is 207 g/mol. The van der Waals surface area contributed by atoms with Crippen LogP contribution in [0.2, 0.25) is 0 Å². The fraction of sp³-hybridized carbons (Fsp3) is 0.750. The highest BCUT2D eigenvalue weighted by molar-refractivity contribution is 5.21. The minimum atomic E-state index is 0.174. The van der Waals surface area contributed by atoms with Crippen LogP contribution in [0.5, 0.6) is 0 Å². The summed E-state index contributed by atoms with van der Waals surface area (Å²) in [5, 5.41) is 8.05. The van der Waals surface area contributed by atoms with E-state index in [1.165, 1.54) is 18.4 Å². The first kappa shape index (κ1) is 10.7. The molecule has 1 atom stereocenters. The highest BCUT2D eigenvalue weighted by Crippen LogP contribution is 2.37. The Kier molecular flexibility index (Phi) is 2.83. The standard InChI is InChI=1S/C12H21N3/c1-4-15-9-11(8-14-15)12(10(2)3)6-5-7-13-12/h8-10,13H,4-7H2,1-3H3. The van der Waals surface area contributed by atoms with Gasteiger partial charge < -0.3 is 5.32 Å². The SMILES string of the molecule is CCn1cc(C2(C(C)C)CCCN2)cn1. The van der Waals surface area contributed by atoms with Crippen molar-refractivity contribution < 1.29 is 0 Å². The van der Waals surface area contributed by atoms with Gasteiger partial charge in [-0.05, 0) is 32.2 Å². The van der Waals surface area contributed by atoms with Gasteiger partial charge in [0.2, 0.25) is 0 Å². The summed E-state index contributed by atoms with van der Waals surface area (Å²) in [4.78, 5) is 0. The van der Waals surface area contributed by atoms with Crippen molar-refractivity contribution in [2.75, 3.05) is 6.54 Å². The van der Waals surface area contributed by atoms with Crippen LogP contribution in [0.25, 0.3) is 0 Å². The lowest BCUT2D eigenvalue weighted by Gasteiger charge is -2.33. The fourth-order valence-corrected chi connectivity index (χ4v) is 2.61. The van der Waals surface area contributed by atoms with E-state index in [-0.39, 0.29) is 5.54 Å². The van der Waals surface area contributed by atoms with Gasteiger partial charge in [0.1, 0.15) is 0 Å². The third-order valence-electron chi connectivity index (χ3n) is 3.65. The summed E-state index contributed by atoms with van der Waals surface area (Å²) in [6.07, 6.45) is 6.73. The van der Waals surface area contributed by atoms with E-state index in [9.17, 15) is 0 Å². The third-order valence-corrected chi connectivity index (χ3v) is 3.65. The van der Waals surface area contributed by atoms with Crippen LogP contribution in [0.3, 0.4) is 0 Å². The maximum Gasteiger partial charge on any atom is 0.0540 e. The summed E-state index contributed by atoms with van der Waals surface area (Å²) in [7, 11) is 0. The zero-order chi connectivity index (χ0) is 10.9. The molecule has 0 bridgehead atoms. The second-order valence-electron chi connectivity index (χ2n) is 4.74. The van der Waals surface area contributed by atoms with Crippen LogP contribution in [0, 0.1) is 5.92 Å². The maximum atomic E-state index is 4.38. The van der Waals surface area contributed by atoms with Crippen LogP contribution in [-0.2, 0) is 12.1 Å². The smallest absolute Gasteiger partial charge is 0.0540 e. The Hall–Kier alpha value is -0.830. The van der Waals surface area contributed by atoms with E-state index < -0.39 is 0 Å². The van der Waals surface area contributed by atoms with Gasteiger partial charge in [-0.15, -0.1) is 0 Å². The number of rotatable bonds is 3. The molecular weight excluding hydrogens is 186 g/mol. The van der Waals surface area contributed by atoms with Gasteiger partial charge in [0, 0.05) is 23.8 Å². The van der Waals surface area contributed by atoms with Crippen LogP contribution in [0.4, 0.5) is 0 Å². The molecule has 1 aromatic heterocycles. The fourth-order valence-electron chi connectivity index (χ4n) is 2.61. The molecule has 1 aromatic rings. The molecule has 0 spiro atoms. The molecule has 1 N–H and O–H groups in total. The molecule has 1 aliphatic rings. The van der Waals surface area contributed by atoms with Crippen molar-refractivity contribution in [1.82, 2.24) is 15.1 Å². The highest BCUT2D eigenvalue weighted by Gasteiger charge is 2.39. The molecular formula is C12H21N3. The first-order valence-corrected chi connectivity index (χ1v) is 5.97. The van der Waals surface area contributed by atoms with Crippen LogP contribution in [-0.4, -0.2) is 16.3 Å². The van der Waals surface area contributed by atoms with Crippen molar-refractivity contribution in [1.29, 1.82) is 0 Å². The lowest BCUT2D eigenvalue weighted by molar-refractivity contribution is 0.277. The molecule has 1 aliphatic heterocycles. The highest BCUT2D eigenvalue weighted by atomic mass is 15.3. The molecule has 2 rings (SSSR count). The molecule has 0 radical (unpaired) electrons. The molecule has 0 saturated carbocycles. The molecule has 0 aromatic carbocycles. The molecule has 15 heavy (non-hydrogen) atoms. The summed E-state index contributed by atoms with van der Waals surface area (Å²) in [6, 6.07) is 0. The average molecular weight is 207 g/mol. The summed E-state index contributed by atoms with van der Waals surface area (Å²) in [6.45, 7) is 8.80. The Balaban J connectivity index is 2.32. The Bertz CT molecular complexity index is 321. The van der Waals surface area contributed by atoms with Gasteiger partial charge in [0.15, 0.2) is 0 Å². The molecule has 0 aliphatic carbocycles. The molecule has 2 heterocycles. The van der Waals surface area contributed by atoms with E-state index >= 15 is 0 Å². The van der Waals surface area contributed by atoms with E-state index in [0.717, 1.165) is 13.1 Å². The van der Waals surface area contributed by atoms with Crippen LogP contribution < -0.4 is 5.32 Å².